The van der Waals surface area contributed by atoms with Crippen LogP contribution >= 0.6 is 15.9 Å². The highest BCUT2D eigenvalue weighted by Crippen LogP contribution is 2.19. The molecule has 0 saturated heterocycles. The first-order valence-corrected chi connectivity index (χ1v) is 8.68. The van der Waals surface area contributed by atoms with Crippen molar-refractivity contribution in [2.45, 2.75) is 6.54 Å². The van der Waals surface area contributed by atoms with Gasteiger partial charge >= 0.3 is 0 Å². The van der Waals surface area contributed by atoms with E-state index in [1.165, 1.54) is 5.56 Å². The average molecular weight is 396 g/mol. The molecule has 4 nitrogen and oxygen atoms in total. The fourth-order valence-electron chi connectivity index (χ4n) is 2.48. The van der Waals surface area contributed by atoms with Crippen molar-refractivity contribution < 1.29 is 4.79 Å². The first-order valence-electron chi connectivity index (χ1n) is 7.89. The molecule has 1 amide bonds. The standard InChI is InChI=1S/C20H18BrN3O/c1-24(14-15-6-3-2-4-7-15)19-10-16(12-22-13-19)20(25)23-18-9-5-8-17(21)11-18/h2-13H,14H2,1H3,(H,23,25). The zero-order valence-electron chi connectivity index (χ0n) is 13.8. The Bertz CT molecular complexity index is 868. The molecule has 0 atom stereocenters. The lowest BCUT2D eigenvalue weighted by Gasteiger charge is -2.19. The van der Waals surface area contributed by atoms with E-state index in [4.69, 9.17) is 0 Å². The normalized spacial score (nSPS) is 10.3. The molecule has 0 aliphatic rings. The van der Waals surface area contributed by atoms with Crippen LogP contribution < -0.4 is 10.2 Å². The largest absolute Gasteiger partial charge is 0.369 e. The van der Waals surface area contributed by atoms with Gasteiger partial charge in [-0.2, -0.15) is 0 Å². The van der Waals surface area contributed by atoms with E-state index >= 15 is 0 Å². The quantitative estimate of drug-likeness (QED) is 0.678. The van der Waals surface area contributed by atoms with Gasteiger partial charge in [0.15, 0.2) is 0 Å². The van der Waals surface area contributed by atoms with Crippen LogP contribution in [0.25, 0.3) is 0 Å². The molecule has 3 rings (SSSR count). The van der Waals surface area contributed by atoms with Gasteiger partial charge in [-0.15, -0.1) is 0 Å². The van der Waals surface area contributed by atoms with Gasteiger partial charge in [-0.25, -0.2) is 0 Å². The summed E-state index contributed by atoms with van der Waals surface area (Å²) >= 11 is 3.40. The highest BCUT2D eigenvalue weighted by atomic mass is 79.9. The van der Waals surface area contributed by atoms with Crippen LogP contribution in [0.1, 0.15) is 15.9 Å². The fourth-order valence-corrected chi connectivity index (χ4v) is 2.88. The minimum absolute atomic E-state index is 0.180. The predicted molar refractivity (Wildman–Crippen MR) is 105 cm³/mol. The summed E-state index contributed by atoms with van der Waals surface area (Å²) in [6.45, 7) is 0.749. The molecule has 0 fully saturated rings. The lowest BCUT2D eigenvalue weighted by atomic mass is 10.2. The summed E-state index contributed by atoms with van der Waals surface area (Å²) < 4.78 is 0.916. The summed E-state index contributed by atoms with van der Waals surface area (Å²) in [5.41, 5.74) is 3.36. The Morgan fingerprint density at radius 2 is 1.88 bits per heavy atom. The molecule has 126 valence electrons. The molecule has 5 heteroatoms. The Kier molecular flexibility index (Phi) is 5.46. The third kappa shape index (κ3) is 4.67. The topological polar surface area (TPSA) is 45.2 Å². The van der Waals surface area contributed by atoms with Crippen molar-refractivity contribution in [2.75, 3.05) is 17.3 Å². The number of aromatic nitrogens is 1. The maximum atomic E-state index is 12.5. The second-order valence-electron chi connectivity index (χ2n) is 5.74. The van der Waals surface area contributed by atoms with Crippen molar-refractivity contribution in [1.29, 1.82) is 0 Å². The first-order chi connectivity index (χ1) is 12.1. The minimum Gasteiger partial charge on any atom is -0.369 e. The molecule has 0 bridgehead atoms. The van der Waals surface area contributed by atoms with E-state index in [-0.39, 0.29) is 5.91 Å². The number of carbonyl (C=O) groups excluding carboxylic acids is 1. The van der Waals surface area contributed by atoms with Gasteiger partial charge in [-0.3, -0.25) is 9.78 Å². The van der Waals surface area contributed by atoms with E-state index in [0.717, 1.165) is 22.4 Å². The van der Waals surface area contributed by atoms with E-state index in [1.54, 1.807) is 12.4 Å². The number of halogens is 1. The monoisotopic (exact) mass is 395 g/mol. The Labute approximate surface area is 155 Å². The summed E-state index contributed by atoms with van der Waals surface area (Å²) in [6, 6.07) is 19.5. The van der Waals surface area contributed by atoms with Crippen LogP contribution in [0.3, 0.4) is 0 Å². The minimum atomic E-state index is -0.180. The molecule has 0 spiro atoms. The summed E-state index contributed by atoms with van der Waals surface area (Å²) in [6.07, 6.45) is 3.34. The van der Waals surface area contributed by atoms with Gasteiger partial charge < -0.3 is 10.2 Å². The summed E-state index contributed by atoms with van der Waals surface area (Å²) in [5.74, 6) is -0.180. The van der Waals surface area contributed by atoms with Crippen LogP contribution in [0, 0.1) is 0 Å². The van der Waals surface area contributed by atoms with Crippen molar-refractivity contribution in [3.05, 3.63) is 88.7 Å². The molecule has 0 unspecified atom stereocenters. The molecule has 0 radical (unpaired) electrons. The number of nitrogens with zero attached hydrogens (tertiary/aromatic N) is 2. The van der Waals surface area contributed by atoms with E-state index in [2.05, 4.69) is 43.3 Å². The van der Waals surface area contributed by atoms with Crippen LogP contribution in [-0.4, -0.2) is 17.9 Å². The Morgan fingerprint density at radius 1 is 1.08 bits per heavy atom. The fraction of sp³-hybridized carbons (Fsp3) is 0.100. The van der Waals surface area contributed by atoms with Gasteiger partial charge in [0, 0.05) is 29.9 Å². The second-order valence-corrected chi connectivity index (χ2v) is 6.65. The van der Waals surface area contributed by atoms with Gasteiger partial charge in [0.05, 0.1) is 17.4 Å². The van der Waals surface area contributed by atoms with Gasteiger partial charge in [0.25, 0.3) is 5.91 Å². The van der Waals surface area contributed by atoms with E-state index in [0.29, 0.717) is 5.56 Å². The molecule has 2 aromatic carbocycles. The SMILES string of the molecule is CN(Cc1ccccc1)c1cncc(C(=O)Nc2cccc(Br)c2)c1. The highest BCUT2D eigenvalue weighted by Gasteiger charge is 2.10. The van der Waals surface area contributed by atoms with Crippen LogP contribution in [0.15, 0.2) is 77.5 Å². The Hall–Kier alpha value is -2.66. The van der Waals surface area contributed by atoms with Crippen molar-refractivity contribution in [3.8, 4) is 0 Å². The third-order valence-electron chi connectivity index (χ3n) is 3.77. The molecule has 25 heavy (non-hydrogen) atoms. The number of benzene rings is 2. The molecule has 1 aromatic heterocycles. The number of amides is 1. The molecule has 0 aliphatic carbocycles. The molecule has 0 saturated carbocycles. The van der Waals surface area contributed by atoms with Crippen LogP contribution in [-0.2, 0) is 6.54 Å². The van der Waals surface area contributed by atoms with Gasteiger partial charge in [-0.1, -0.05) is 52.3 Å². The molecule has 0 aliphatic heterocycles. The van der Waals surface area contributed by atoms with E-state index in [9.17, 15) is 4.79 Å². The smallest absolute Gasteiger partial charge is 0.257 e. The number of pyridine rings is 1. The van der Waals surface area contributed by atoms with Crippen molar-refractivity contribution in [2.24, 2.45) is 0 Å². The van der Waals surface area contributed by atoms with Crippen LogP contribution in [0.4, 0.5) is 11.4 Å². The third-order valence-corrected chi connectivity index (χ3v) is 4.27. The van der Waals surface area contributed by atoms with Gasteiger partial charge in [0.2, 0.25) is 0 Å². The van der Waals surface area contributed by atoms with Crippen LogP contribution in [0.5, 0.6) is 0 Å². The summed E-state index contributed by atoms with van der Waals surface area (Å²) in [4.78, 5) is 18.8. The lowest BCUT2D eigenvalue weighted by molar-refractivity contribution is 0.102. The zero-order valence-corrected chi connectivity index (χ0v) is 15.4. The van der Waals surface area contributed by atoms with Crippen LogP contribution in [0.2, 0.25) is 0 Å². The Morgan fingerprint density at radius 3 is 2.64 bits per heavy atom. The predicted octanol–water partition coefficient (Wildman–Crippen LogP) is 4.73. The molecule has 1 N–H and O–H groups in total. The number of nitrogens with one attached hydrogen (secondary N) is 1. The maximum Gasteiger partial charge on any atom is 0.257 e. The second kappa shape index (κ2) is 7.94. The summed E-state index contributed by atoms with van der Waals surface area (Å²) in [5, 5.41) is 2.89. The molecular weight excluding hydrogens is 378 g/mol. The molecule has 1 heterocycles. The molecular formula is C20H18BrN3O. The van der Waals surface area contributed by atoms with Gasteiger partial charge in [-0.05, 0) is 29.8 Å². The number of hydrogen-bond acceptors (Lipinski definition) is 3. The number of hydrogen-bond donors (Lipinski definition) is 1. The zero-order chi connectivity index (χ0) is 17.6. The molecule has 3 aromatic rings. The first kappa shape index (κ1) is 17.2. The van der Waals surface area contributed by atoms with Crippen molar-refractivity contribution in [3.63, 3.8) is 0 Å². The average Bonchev–Trinajstić information content (AvgIpc) is 2.62. The highest BCUT2D eigenvalue weighted by molar-refractivity contribution is 9.10. The number of carbonyl (C=O) groups is 1. The maximum absolute atomic E-state index is 12.5. The van der Waals surface area contributed by atoms with E-state index < -0.39 is 0 Å². The van der Waals surface area contributed by atoms with Gasteiger partial charge in [0.1, 0.15) is 0 Å². The Balaban J connectivity index is 1.73. The summed E-state index contributed by atoms with van der Waals surface area (Å²) in [7, 11) is 1.99. The lowest BCUT2D eigenvalue weighted by Crippen LogP contribution is -2.18. The van der Waals surface area contributed by atoms with Crippen molar-refractivity contribution in [1.82, 2.24) is 4.98 Å². The van der Waals surface area contributed by atoms with E-state index in [1.807, 2.05) is 55.6 Å². The van der Waals surface area contributed by atoms with Crippen molar-refractivity contribution >= 4 is 33.2 Å². The number of anilines is 2. The number of rotatable bonds is 5.